The molecule has 104 valence electrons. The molecule has 0 aliphatic heterocycles. The van der Waals surface area contributed by atoms with Crippen LogP contribution in [0.25, 0.3) is 6.08 Å². The molecular weight excluding hydrogens is 224 g/mol. The van der Waals surface area contributed by atoms with E-state index >= 15 is 0 Å². The van der Waals surface area contributed by atoms with Crippen LogP contribution in [0, 0.1) is 0 Å². The fourth-order valence-electron chi connectivity index (χ4n) is 1.05. The summed E-state index contributed by atoms with van der Waals surface area (Å²) in [7, 11) is 0. The van der Waals surface area contributed by atoms with Crippen LogP contribution in [0.4, 0.5) is 0 Å². The Bertz CT molecular complexity index is 328. The van der Waals surface area contributed by atoms with E-state index in [1.807, 2.05) is 44.2 Å². The Hall–Kier alpha value is -1.57. The zero-order chi connectivity index (χ0) is 11.1. The molecular formula is C16H28O2. The number of carbonyl (C=O) groups excluding carboxylic acids is 1. The molecule has 0 bridgehead atoms. The van der Waals surface area contributed by atoms with E-state index < -0.39 is 0 Å². The highest BCUT2D eigenvalue weighted by Gasteiger charge is 2.02. The quantitative estimate of drug-likeness (QED) is 0.560. The number of esters is 1. The molecule has 0 fully saturated rings. The maximum absolute atomic E-state index is 11.3. The van der Waals surface area contributed by atoms with Gasteiger partial charge in [0.15, 0.2) is 0 Å². The van der Waals surface area contributed by atoms with Crippen molar-refractivity contribution in [2.45, 2.75) is 48.7 Å². The first-order valence-corrected chi connectivity index (χ1v) is 5.16. The maximum atomic E-state index is 11.3. The van der Waals surface area contributed by atoms with Gasteiger partial charge < -0.3 is 4.74 Å². The second kappa shape index (κ2) is 11.9. The average Bonchev–Trinajstić information content (AvgIpc) is 2.27. The fraction of sp³-hybridized carbons (Fsp3) is 0.438. The van der Waals surface area contributed by atoms with Crippen LogP contribution in [-0.4, -0.2) is 12.1 Å². The number of ether oxygens (including phenoxy) is 1. The van der Waals surface area contributed by atoms with Crippen LogP contribution in [0.5, 0.6) is 0 Å². The molecule has 0 saturated heterocycles. The van der Waals surface area contributed by atoms with Crippen LogP contribution in [0.3, 0.4) is 0 Å². The van der Waals surface area contributed by atoms with E-state index in [4.69, 9.17) is 4.74 Å². The van der Waals surface area contributed by atoms with Crippen molar-refractivity contribution < 1.29 is 9.53 Å². The molecule has 1 atom stereocenters. The summed E-state index contributed by atoms with van der Waals surface area (Å²) < 4.78 is 5.10. The summed E-state index contributed by atoms with van der Waals surface area (Å²) in [4.78, 5) is 11.3. The molecule has 0 aromatic heterocycles. The molecule has 0 radical (unpaired) electrons. The second-order valence-corrected chi connectivity index (χ2v) is 3.40. The Balaban J connectivity index is -0.000000750. The molecule has 1 aromatic carbocycles. The minimum Gasteiger partial charge on any atom is -0.460 e. The van der Waals surface area contributed by atoms with Gasteiger partial charge in [0.1, 0.15) is 0 Å². The monoisotopic (exact) mass is 252 g/mol. The average molecular weight is 252 g/mol. The smallest absolute Gasteiger partial charge is 0.331 e. The van der Waals surface area contributed by atoms with Crippen LogP contribution >= 0.6 is 0 Å². The van der Waals surface area contributed by atoms with Crippen molar-refractivity contribution in [1.29, 1.82) is 0 Å². The van der Waals surface area contributed by atoms with Gasteiger partial charge in [-0.25, -0.2) is 4.79 Å². The first kappa shape index (κ1) is 21.7. The molecule has 0 N–H and O–H groups in total. The van der Waals surface area contributed by atoms with E-state index in [1.165, 1.54) is 6.08 Å². The molecule has 0 saturated carbocycles. The summed E-state index contributed by atoms with van der Waals surface area (Å²) in [6.07, 6.45) is 4.04. The molecule has 2 nitrogen and oxygen atoms in total. The van der Waals surface area contributed by atoms with Gasteiger partial charge in [-0.3, -0.25) is 0 Å². The van der Waals surface area contributed by atoms with Crippen molar-refractivity contribution in [3.8, 4) is 0 Å². The highest BCUT2D eigenvalue weighted by atomic mass is 16.5. The molecule has 18 heavy (non-hydrogen) atoms. The topological polar surface area (TPSA) is 26.3 Å². The van der Waals surface area contributed by atoms with Crippen LogP contribution in [-0.2, 0) is 9.53 Å². The minimum absolute atomic E-state index is 0. The van der Waals surface area contributed by atoms with Gasteiger partial charge in [0.25, 0.3) is 0 Å². The molecule has 0 spiro atoms. The first-order chi connectivity index (χ1) is 7.22. The van der Waals surface area contributed by atoms with Gasteiger partial charge in [-0.15, -0.1) is 0 Å². The van der Waals surface area contributed by atoms with Gasteiger partial charge in [-0.2, -0.15) is 0 Å². The number of hydrogen-bond acceptors (Lipinski definition) is 2. The van der Waals surface area contributed by atoms with Gasteiger partial charge in [0.05, 0.1) is 6.10 Å². The number of carbonyl (C=O) groups is 1. The summed E-state index contributed by atoms with van der Waals surface area (Å²) >= 11 is 0. The largest absolute Gasteiger partial charge is 0.460 e. The lowest BCUT2D eigenvalue weighted by Gasteiger charge is -2.07. The van der Waals surface area contributed by atoms with E-state index in [9.17, 15) is 4.79 Å². The van der Waals surface area contributed by atoms with Gasteiger partial charge in [-0.05, 0) is 25.0 Å². The Morgan fingerprint density at radius 2 is 1.78 bits per heavy atom. The highest BCUT2D eigenvalue weighted by molar-refractivity contribution is 5.87. The van der Waals surface area contributed by atoms with Crippen LogP contribution in [0.2, 0.25) is 0 Å². The standard InChI is InChI=1S/C13H16O2.3CH4/c1-3-11(2)15-13(14)10-9-12-7-5-4-6-8-12;;;/h4-11H,3H2,1-2H3;3*1H4. The second-order valence-electron chi connectivity index (χ2n) is 3.40. The lowest BCUT2D eigenvalue weighted by molar-refractivity contribution is -0.142. The Kier molecular flexibility index (Phi) is 14.3. The zero-order valence-electron chi connectivity index (χ0n) is 9.14. The van der Waals surface area contributed by atoms with Crippen molar-refractivity contribution in [3.63, 3.8) is 0 Å². The third-order valence-electron chi connectivity index (χ3n) is 2.10. The van der Waals surface area contributed by atoms with E-state index in [0.29, 0.717) is 0 Å². The third-order valence-corrected chi connectivity index (χ3v) is 2.10. The molecule has 0 heterocycles. The lowest BCUT2D eigenvalue weighted by Crippen LogP contribution is -2.11. The van der Waals surface area contributed by atoms with Crippen LogP contribution < -0.4 is 0 Å². The lowest BCUT2D eigenvalue weighted by atomic mass is 10.2. The van der Waals surface area contributed by atoms with Crippen molar-refractivity contribution in [3.05, 3.63) is 42.0 Å². The predicted molar refractivity (Wildman–Crippen MR) is 81.5 cm³/mol. The number of hydrogen-bond donors (Lipinski definition) is 0. The van der Waals surface area contributed by atoms with Gasteiger partial charge in [-0.1, -0.05) is 59.5 Å². The van der Waals surface area contributed by atoms with E-state index in [0.717, 1.165) is 12.0 Å². The fourth-order valence-corrected chi connectivity index (χ4v) is 1.05. The first-order valence-electron chi connectivity index (χ1n) is 5.16. The molecule has 0 aliphatic rings. The predicted octanol–water partition coefficient (Wildman–Crippen LogP) is 4.95. The van der Waals surface area contributed by atoms with Crippen molar-refractivity contribution in [2.24, 2.45) is 0 Å². The summed E-state index contributed by atoms with van der Waals surface area (Å²) in [5.41, 5.74) is 0.999. The number of benzene rings is 1. The Morgan fingerprint density at radius 3 is 2.28 bits per heavy atom. The summed E-state index contributed by atoms with van der Waals surface area (Å²) in [5.74, 6) is -0.284. The Labute approximate surface area is 113 Å². The maximum Gasteiger partial charge on any atom is 0.331 e. The molecule has 0 aliphatic carbocycles. The number of rotatable bonds is 4. The normalized spacial score (nSPS) is 10.6. The summed E-state index contributed by atoms with van der Waals surface area (Å²) in [5, 5.41) is 0. The van der Waals surface area contributed by atoms with E-state index in [-0.39, 0.29) is 34.4 Å². The molecule has 1 unspecified atom stereocenters. The van der Waals surface area contributed by atoms with Crippen LogP contribution in [0.15, 0.2) is 36.4 Å². The molecule has 2 heteroatoms. The van der Waals surface area contributed by atoms with Crippen molar-refractivity contribution in [2.75, 3.05) is 0 Å². The zero-order valence-corrected chi connectivity index (χ0v) is 9.14. The van der Waals surface area contributed by atoms with E-state index in [1.54, 1.807) is 6.08 Å². The highest BCUT2D eigenvalue weighted by Crippen LogP contribution is 2.02. The Morgan fingerprint density at radius 1 is 1.22 bits per heavy atom. The summed E-state index contributed by atoms with van der Waals surface area (Å²) in [6.45, 7) is 3.87. The van der Waals surface area contributed by atoms with Gasteiger partial charge in [0, 0.05) is 6.08 Å². The molecule has 1 rings (SSSR count). The van der Waals surface area contributed by atoms with E-state index in [2.05, 4.69) is 0 Å². The van der Waals surface area contributed by atoms with Crippen molar-refractivity contribution >= 4 is 12.0 Å². The van der Waals surface area contributed by atoms with Gasteiger partial charge in [0.2, 0.25) is 0 Å². The van der Waals surface area contributed by atoms with Crippen molar-refractivity contribution in [1.82, 2.24) is 0 Å². The molecule has 1 aromatic rings. The molecule has 0 amide bonds. The minimum atomic E-state index is -0.284. The SMILES string of the molecule is C.C.C.CCC(C)OC(=O)C=Cc1ccccc1. The summed E-state index contributed by atoms with van der Waals surface area (Å²) in [6, 6.07) is 9.67. The van der Waals surface area contributed by atoms with Crippen LogP contribution in [0.1, 0.15) is 48.1 Å². The third kappa shape index (κ3) is 8.57. The van der Waals surface area contributed by atoms with Gasteiger partial charge >= 0.3 is 5.97 Å².